The number of allylic oxidation sites excluding steroid dienone is 4. The number of aromatic nitrogens is 2. The number of nitrogens with zero attached hydrogens (tertiary/aromatic N) is 4. The summed E-state index contributed by atoms with van der Waals surface area (Å²) in [4.78, 5) is 19.2. The van der Waals surface area contributed by atoms with Gasteiger partial charge in [0.25, 0.3) is 0 Å². The number of carboxylic acid groups (broad SMARTS) is 1. The third-order valence-electron chi connectivity index (χ3n) is 5.23. The van der Waals surface area contributed by atoms with Crippen LogP contribution in [0.3, 0.4) is 0 Å². The van der Waals surface area contributed by atoms with Crippen LogP contribution >= 0.6 is 0 Å². The van der Waals surface area contributed by atoms with E-state index in [4.69, 9.17) is 5.11 Å². The molecule has 1 radical (unpaired) electrons. The SMILES string of the molecule is O=C(O)C1=CC(=C2C=CC=C[N-]2)[N-]C=C1.[Cl-].[Ir].[c-]1ccccc1-c1ccccn1.[c-]1ccccc1-c1ccccn1. The van der Waals surface area contributed by atoms with Gasteiger partial charge in [-0.2, -0.15) is 23.8 Å². The van der Waals surface area contributed by atoms with Crippen molar-refractivity contribution in [1.29, 1.82) is 0 Å². The van der Waals surface area contributed by atoms with Crippen LogP contribution in [0.25, 0.3) is 33.1 Å². The van der Waals surface area contributed by atoms with E-state index < -0.39 is 5.97 Å². The van der Waals surface area contributed by atoms with E-state index >= 15 is 0 Å². The number of hydrogen-bond acceptors (Lipinski definition) is 3. The fourth-order valence-electron chi connectivity index (χ4n) is 3.37. The molecule has 2 aliphatic rings. The third kappa shape index (κ3) is 10.5. The van der Waals surface area contributed by atoms with Crippen molar-refractivity contribution in [3.8, 4) is 22.5 Å². The fraction of sp³-hybridized carbons (Fsp3) is 0. The Morgan fingerprint density at radius 3 is 1.68 bits per heavy atom. The Labute approximate surface area is 259 Å². The van der Waals surface area contributed by atoms with Crippen molar-refractivity contribution >= 4 is 5.97 Å². The monoisotopic (exact) mass is 736 g/mol. The van der Waals surface area contributed by atoms with E-state index in [1.807, 2.05) is 91.0 Å². The minimum atomic E-state index is -0.963. The summed E-state index contributed by atoms with van der Waals surface area (Å²) in [7, 11) is 0. The van der Waals surface area contributed by atoms with Gasteiger partial charge in [-0.1, -0.05) is 54.6 Å². The van der Waals surface area contributed by atoms with Crippen LogP contribution in [0.1, 0.15) is 0 Å². The summed E-state index contributed by atoms with van der Waals surface area (Å²) in [6, 6.07) is 33.6. The predicted molar refractivity (Wildman–Crippen MR) is 154 cm³/mol. The molecule has 0 saturated carbocycles. The van der Waals surface area contributed by atoms with Crippen LogP contribution in [-0.2, 0) is 24.9 Å². The van der Waals surface area contributed by atoms with Gasteiger partial charge in [-0.25, -0.2) is 4.79 Å². The zero-order chi connectivity index (χ0) is 27.1. The molecule has 6 nitrogen and oxygen atoms in total. The summed E-state index contributed by atoms with van der Waals surface area (Å²) >= 11 is 0. The van der Waals surface area contributed by atoms with E-state index in [2.05, 4.69) is 32.7 Å². The predicted octanol–water partition coefficient (Wildman–Crippen LogP) is 4.67. The number of carbonyl (C=O) groups is 1. The largest absolute Gasteiger partial charge is 1.00 e. The number of rotatable bonds is 3. The molecular formula is C33H24ClIrN4O2-5. The number of carboxylic acids is 1. The molecule has 1 N–H and O–H groups in total. The number of hydrogen-bond donors (Lipinski definition) is 1. The van der Waals surface area contributed by atoms with Crippen molar-refractivity contribution in [3.63, 3.8) is 0 Å². The first-order valence-electron chi connectivity index (χ1n) is 12.1. The molecule has 2 aromatic carbocycles. The quantitative estimate of drug-likeness (QED) is 0.310. The molecule has 0 aliphatic carbocycles. The molecule has 0 bridgehead atoms. The molecule has 0 fully saturated rings. The molecule has 4 heterocycles. The molecule has 0 spiro atoms. The maximum absolute atomic E-state index is 10.7. The van der Waals surface area contributed by atoms with Gasteiger partial charge in [-0.05, 0) is 23.5 Å². The van der Waals surface area contributed by atoms with Crippen molar-refractivity contribution in [2.45, 2.75) is 0 Å². The number of aliphatic carboxylic acids is 1. The molecule has 8 heteroatoms. The van der Waals surface area contributed by atoms with E-state index in [0.717, 1.165) is 22.5 Å². The number of halogens is 1. The van der Waals surface area contributed by atoms with Crippen molar-refractivity contribution in [1.82, 2.24) is 9.97 Å². The Hall–Kier alpha value is -4.55. The molecule has 41 heavy (non-hydrogen) atoms. The maximum atomic E-state index is 10.7. The van der Waals surface area contributed by atoms with Gasteiger partial charge in [0.15, 0.2) is 0 Å². The summed E-state index contributed by atoms with van der Waals surface area (Å²) in [5.74, 6) is -0.963. The Balaban J connectivity index is 0.000000212. The van der Waals surface area contributed by atoms with Crippen LogP contribution in [0.15, 0.2) is 157 Å². The minimum absolute atomic E-state index is 0. The van der Waals surface area contributed by atoms with Gasteiger partial charge in [0, 0.05) is 32.5 Å². The fourth-order valence-corrected chi connectivity index (χ4v) is 3.37. The second kappa shape index (κ2) is 17.9. The molecule has 0 saturated heterocycles. The Bertz CT molecular complexity index is 1360. The van der Waals surface area contributed by atoms with Crippen molar-refractivity contribution in [2.75, 3.05) is 0 Å². The topological polar surface area (TPSA) is 91.3 Å². The maximum Gasteiger partial charge on any atom is 0.335 e. The molecule has 6 rings (SSSR count). The van der Waals surface area contributed by atoms with E-state index in [1.165, 1.54) is 18.4 Å². The van der Waals surface area contributed by atoms with Crippen LogP contribution in [0.5, 0.6) is 0 Å². The van der Waals surface area contributed by atoms with E-state index in [0.29, 0.717) is 11.4 Å². The Morgan fingerprint density at radius 2 is 1.24 bits per heavy atom. The molecule has 0 unspecified atom stereocenters. The first-order chi connectivity index (χ1) is 19.2. The van der Waals surface area contributed by atoms with Gasteiger partial charge in [0.2, 0.25) is 0 Å². The Morgan fingerprint density at radius 1 is 0.683 bits per heavy atom. The van der Waals surface area contributed by atoms with Gasteiger partial charge in [-0.15, -0.1) is 71.8 Å². The molecule has 0 amide bonds. The van der Waals surface area contributed by atoms with Gasteiger partial charge < -0.3 is 38.1 Å². The minimum Gasteiger partial charge on any atom is -1.00 e. The zero-order valence-electron chi connectivity index (χ0n) is 21.6. The van der Waals surface area contributed by atoms with E-state index in [9.17, 15) is 4.79 Å². The molecule has 2 aromatic heterocycles. The third-order valence-corrected chi connectivity index (χ3v) is 5.23. The summed E-state index contributed by atoms with van der Waals surface area (Å²) in [6.45, 7) is 0. The standard InChI is InChI=1S/C11H8N2O2.2C11H8N.ClH.Ir/c14-11(15)8-4-6-13-10(7-8)9-3-1-2-5-12-9;2*1-2-6-10(7-3-1)11-8-4-5-9-12-11;;/h1-7H,(H,14,15);2*1-6,8-9H;1H;/q-2;2*-1;;/p-1. The average molecular weight is 736 g/mol. The number of benzene rings is 2. The summed E-state index contributed by atoms with van der Waals surface area (Å²) in [6.07, 6.45) is 15.1. The molecule has 209 valence electrons. The van der Waals surface area contributed by atoms with Crippen LogP contribution in [-0.4, -0.2) is 21.0 Å². The first-order valence-corrected chi connectivity index (χ1v) is 12.1. The second-order valence-electron chi connectivity index (χ2n) is 7.93. The smallest absolute Gasteiger partial charge is 0.335 e. The molecule has 4 aromatic rings. The average Bonchev–Trinajstić information content (AvgIpc) is 3.04. The normalized spacial score (nSPS) is 14.1. The van der Waals surface area contributed by atoms with Crippen molar-refractivity contribution in [3.05, 3.63) is 180 Å². The van der Waals surface area contributed by atoms with Crippen molar-refractivity contribution < 1.29 is 42.4 Å². The van der Waals surface area contributed by atoms with E-state index in [-0.39, 0.29) is 38.1 Å². The summed E-state index contributed by atoms with van der Waals surface area (Å²) in [5, 5.41) is 17.0. The summed E-state index contributed by atoms with van der Waals surface area (Å²) < 4.78 is 0. The zero-order valence-corrected chi connectivity index (χ0v) is 24.8. The molecular weight excluding hydrogens is 712 g/mol. The van der Waals surface area contributed by atoms with E-state index in [1.54, 1.807) is 30.7 Å². The van der Waals surface area contributed by atoms with Gasteiger partial charge in [-0.3, -0.25) is 0 Å². The van der Waals surface area contributed by atoms with Crippen LogP contribution < -0.4 is 12.4 Å². The summed E-state index contributed by atoms with van der Waals surface area (Å²) in [5.41, 5.74) is 5.47. The molecule has 0 atom stereocenters. The van der Waals surface area contributed by atoms with Crippen LogP contribution in [0, 0.1) is 12.1 Å². The molecule has 2 aliphatic heterocycles. The van der Waals surface area contributed by atoms with Gasteiger partial charge in [0.1, 0.15) is 0 Å². The van der Waals surface area contributed by atoms with Crippen LogP contribution in [0.2, 0.25) is 0 Å². The van der Waals surface area contributed by atoms with Crippen molar-refractivity contribution in [2.24, 2.45) is 0 Å². The first kappa shape index (κ1) is 32.7. The van der Waals surface area contributed by atoms with Gasteiger partial charge in [0.05, 0.1) is 5.57 Å². The Kier molecular flexibility index (Phi) is 14.3. The van der Waals surface area contributed by atoms with Gasteiger partial charge >= 0.3 is 5.97 Å². The number of pyridine rings is 2. The second-order valence-corrected chi connectivity index (χ2v) is 7.93. The van der Waals surface area contributed by atoms with Crippen LogP contribution in [0.4, 0.5) is 0 Å².